The van der Waals surface area contributed by atoms with Gasteiger partial charge in [0.1, 0.15) is 35.5 Å². The van der Waals surface area contributed by atoms with Crippen LogP contribution in [0.3, 0.4) is 0 Å². The highest BCUT2D eigenvalue weighted by atomic mass is 79.9. The Kier molecular flexibility index (Phi) is 13.4. The number of phenols is 1. The molecule has 0 radical (unpaired) electrons. The third-order valence-electron chi connectivity index (χ3n) is 12.1. The highest BCUT2D eigenvalue weighted by Gasteiger charge is 2.48. The minimum absolute atomic E-state index is 0. The maximum absolute atomic E-state index is 12.0. The standard InChI is InChI=1S/C42H55N3O7.BrH/c46-34-24-36(41-37(25-34)44-40(48)28-51-41)38(47)26-43-19-6-8-30-13-15-35(16-14-30)50-23-7-20-45-21-17-31(18-22-45)39(27-45)52-29-42(49,33-11-4-5-12-33)32-9-2-1-3-10-32;/h1-3,9-10,13-16,24-25,31,33,38-39,43,47,49H,4-8,11-12,17-23,26-29H2,(H-,44,46,48);1H/t31?,38-,39-,42+,45?;/m0./s1. The third kappa shape index (κ3) is 9.55. The van der Waals surface area contributed by atoms with Gasteiger partial charge in [0.25, 0.3) is 5.91 Å². The van der Waals surface area contributed by atoms with Gasteiger partial charge in [0.15, 0.2) is 6.61 Å². The fraction of sp³-hybridized carbons (Fsp3) is 0.548. The largest absolute Gasteiger partial charge is 1.00 e. The average Bonchev–Trinajstić information content (AvgIpc) is 3.72. The summed E-state index contributed by atoms with van der Waals surface area (Å²) in [6.07, 6.45) is 9.03. The molecule has 5 aliphatic rings. The summed E-state index contributed by atoms with van der Waals surface area (Å²) < 4.78 is 19.5. The van der Waals surface area contributed by atoms with Crippen molar-refractivity contribution in [3.63, 3.8) is 0 Å². The number of quaternary nitrogens is 1. The van der Waals surface area contributed by atoms with Gasteiger partial charge >= 0.3 is 0 Å². The van der Waals surface area contributed by atoms with Gasteiger partial charge in [-0.2, -0.15) is 0 Å². The molecule has 3 atom stereocenters. The van der Waals surface area contributed by atoms with E-state index in [2.05, 4.69) is 47.0 Å². The molecule has 0 spiro atoms. The van der Waals surface area contributed by atoms with E-state index in [0.29, 0.717) is 42.7 Å². The first-order valence-electron chi connectivity index (χ1n) is 19.4. The molecule has 11 heteroatoms. The van der Waals surface area contributed by atoms with Crippen LogP contribution >= 0.6 is 0 Å². The number of amides is 1. The lowest BCUT2D eigenvalue weighted by molar-refractivity contribution is -0.946. The first-order valence-corrected chi connectivity index (χ1v) is 19.4. The molecule has 1 amide bonds. The number of aliphatic hydroxyl groups excluding tert-OH is 1. The normalized spacial score (nSPS) is 24.0. The molecule has 3 aromatic rings. The zero-order valence-electron chi connectivity index (χ0n) is 30.7. The topological polar surface area (TPSA) is 130 Å². The van der Waals surface area contributed by atoms with Crippen molar-refractivity contribution in [1.82, 2.24) is 5.32 Å². The average molecular weight is 795 g/mol. The number of piperidine rings is 3. The number of anilines is 1. The van der Waals surface area contributed by atoms with E-state index in [1.807, 2.05) is 18.2 Å². The number of hydrogen-bond acceptors (Lipinski definition) is 8. The number of nitrogens with one attached hydrogen (secondary N) is 2. The maximum atomic E-state index is 12.0. The Morgan fingerprint density at radius 1 is 1.00 bits per heavy atom. The Bertz CT molecular complexity index is 1630. The first-order chi connectivity index (χ1) is 25.3. The fourth-order valence-corrected chi connectivity index (χ4v) is 9.09. The number of ether oxygens (including phenoxy) is 3. The van der Waals surface area contributed by atoms with Crippen molar-refractivity contribution < 1.29 is 55.8 Å². The lowest BCUT2D eigenvalue weighted by Gasteiger charge is -2.53. The van der Waals surface area contributed by atoms with E-state index in [0.717, 1.165) is 67.5 Å². The highest BCUT2D eigenvalue weighted by molar-refractivity contribution is 5.96. The summed E-state index contributed by atoms with van der Waals surface area (Å²) in [5.41, 5.74) is 2.14. The lowest BCUT2D eigenvalue weighted by atomic mass is 9.80. The molecule has 2 bridgehead atoms. The maximum Gasteiger partial charge on any atom is 0.262 e. The Balaban J connectivity index is 0.00000481. The molecule has 10 nitrogen and oxygen atoms in total. The van der Waals surface area contributed by atoms with Crippen LogP contribution < -0.4 is 37.1 Å². The highest BCUT2D eigenvalue weighted by Crippen LogP contribution is 2.43. The SMILES string of the molecule is O=C1COc2c(cc(O)cc2[C@@H](O)CNCCCc2ccc(OCCC[N+]34CCC(CC3)[C@@H](OC[C@@](O)(c3ccccc3)C3CCCC3)C4)cc2)N1.[Br-]. The number of aromatic hydroxyl groups is 1. The predicted octanol–water partition coefficient (Wildman–Crippen LogP) is 2.46. The Hall–Kier alpha value is -3.19. The molecular weight excluding hydrogens is 738 g/mol. The van der Waals surface area contributed by atoms with Crippen LogP contribution in [0.1, 0.15) is 74.2 Å². The van der Waals surface area contributed by atoms with Crippen LogP contribution in [0.25, 0.3) is 0 Å². The van der Waals surface area contributed by atoms with Crippen molar-refractivity contribution in [2.24, 2.45) is 11.8 Å². The number of rotatable bonds is 17. The Morgan fingerprint density at radius 3 is 2.51 bits per heavy atom. The zero-order chi connectivity index (χ0) is 36.0. The number of carbonyl (C=O) groups excluding carboxylic acids is 1. The molecule has 0 unspecified atom stereocenters. The van der Waals surface area contributed by atoms with E-state index in [-0.39, 0.29) is 47.3 Å². The second-order valence-electron chi connectivity index (χ2n) is 15.6. The number of nitrogens with zero attached hydrogens (tertiary/aromatic N) is 1. The zero-order valence-corrected chi connectivity index (χ0v) is 32.3. The van der Waals surface area contributed by atoms with Crippen molar-refractivity contribution in [1.29, 1.82) is 0 Å². The molecule has 0 aromatic heterocycles. The van der Waals surface area contributed by atoms with Crippen LogP contribution in [0.5, 0.6) is 17.2 Å². The Morgan fingerprint density at radius 2 is 1.75 bits per heavy atom. The van der Waals surface area contributed by atoms with Crippen molar-refractivity contribution >= 4 is 11.6 Å². The number of phenolic OH excluding ortho intramolecular Hbond substituents is 1. The number of fused-ring (bicyclic) bond motifs is 4. The van der Waals surface area contributed by atoms with Crippen molar-refractivity contribution in [3.05, 3.63) is 83.4 Å². The number of benzene rings is 3. The van der Waals surface area contributed by atoms with Crippen molar-refractivity contribution in [3.8, 4) is 17.2 Å². The van der Waals surface area contributed by atoms with Crippen molar-refractivity contribution in [2.45, 2.75) is 75.6 Å². The summed E-state index contributed by atoms with van der Waals surface area (Å²) in [6.45, 7) is 6.53. The molecule has 288 valence electrons. The molecule has 3 aromatic carbocycles. The molecule has 5 N–H and O–H groups in total. The van der Waals surface area contributed by atoms with E-state index >= 15 is 0 Å². The van der Waals surface area contributed by atoms with Gasteiger partial charge < -0.3 is 61.6 Å². The van der Waals surface area contributed by atoms with Crippen LogP contribution in [0, 0.1) is 11.8 Å². The van der Waals surface area contributed by atoms with Crippen LogP contribution in [-0.4, -0.2) is 90.9 Å². The minimum Gasteiger partial charge on any atom is -1.00 e. The quantitative estimate of drug-likeness (QED) is 0.104. The van der Waals surface area contributed by atoms with Crippen molar-refractivity contribution in [2.75, 3.05) is 64.4 Å². The molecular formula is C42H56BrN3O7. The van der Waals surface area contributed by atoms with Gasteiger partial charge in [-0.3, -0.25) is 4.79 Å². The molecule has 1 aliphatic carbocycles. The molecule has 4 aliphatic heterocycles. The third-order valence-corrected chi connectivity index (χ3v) is 12.1. The monoisotopic (exact) mass is 793 g/mol. The summed E-state index contributed by atoms with van der Waals surface area (Å²) in [7, 11) is 0. The van der Waals surface area contributed by atoms with Crippen LogP contribution in [0.15, 0.2) is 66.7 Å². The Labute approximate surface area is 324 Å². The number of aryl methyl sites for hydroxylation is 1. The minimum atomic E-state index is -0.910. The predicted molar refractivity (Wildman–Crippen MR) is 199 cm³/mol. The van der Waals surface area contributed by atoms with Gasteiger partial charge in [-0.05, 0) is 67.5 Å². The van der Waals surface area contributed by atoms with Gasteiger partial charge in [-0.15, -0.1) is 0 Å². The number of halogens is 1. The summed E-state index contributed by atoms with van der Waals surface area (Å²) in [5, 5.41) is 38.8. The van der Waals surface area contributed by atoms with Gasteiger partial charge in [0.2, 0.25) is 0 Å². The van der Waals surface area contributed by atoms with E-state index < -0.39 is 11.7 Å². The summed E-state index contributed by atoms with van der Waals surface area (Å²) in [4.78, 5) is 11.6. The second kappa shape index (κ2) is 18.0. The van der Waals surface area contributed by atoms with Gasteiger partial charge in [0.05, 0.1) is 44.6 Å². The van der Waals surface area contributed by atoms with Gasteiger partial charge in [0, 0.05) is 43.4 Å². The van der Waals surface area contributed by atoms with E-state index in [9.17, 15) is 20.1 Å². The molecule has 4 fully saturated rings. The summed E-state index contributed by atoms with van der Waals surface area (Å²) in [5.74, 6) is 1.82. The molecule has 53 heavy (non-hydrogen) atoms. The van der Waals surface area contributed by atoms with Crippen LogP contribution in [-0.2, 0) is 21.6 Å². The van der Waals surface area contributed by atoms with Gasteiger partial charge in [-0.1, -0.05) is 55.3 Å². The number of carbonyl (C=O) groups is 1. The van der Waals surface area contributed by atoms with Gasteiger partial charge in [-0.25, -0.2) is 0 Å². The number of hydrogen-bond donors (Lipinski definition) is 5. The fourth-order valence-electron chi connectivity index (χ4n) is 9.09. The van der Waals surface area contributed by atoms with Crippen LogP contribution in [0.2, 0.25) is 0 Å². The van der Waals surface area contributed by atoms with E-state index in [1.54, 1.807) is 0 Å². The molecule has 4 heterocycles. The van der Waals surface area contributed by atoms with Crippen LogP contribution in [0.4, 0.5) is 5.69 Å². The second-order valence-corrected chi connectivity index (χ2v) is 15.6. The smallest absolute Gasteiger partial charge is 0.262 e. The molecule has 1 saturated carbocycles. The summed E-state index contributed by atoms with van der Waals surface area (Å²) in [6, 6.07) is 21.5. The molecule has 8 rings (SSSR count). The lowest BCUT2D eigenvalue weighted by Crippen LogP contribution is -3.00. The summed E-state index contributed by atoms with van der Waals surface area (Å²) >= 11 is 0. The molecule has 3 saturated heterocycles. The first kappa shape index (κ1) is 39.5. The van der Waals surface area contributed by atoms with E-state index in [4.69, 9.17) is 14.2 Å². The van der Waals surface area contributed by atoms with E-state index in [1.165, 1.54) is 56.5 Å². The number of aliphatic hydroxyl groups is 2.